The molecule has 1 aromatic carbocycles. The standard InChI is InChI=1S/C13H11NO3S/c1-7-6-8-12(15)14-9-4-3-5-10(16-2)11(9)17-13(8)18-7/h3-6H,1-2H3,(H,14,15). The average molecular weight is 261 g/mol. The van der Waals surface area contributed by atoms with Crippen LogP contribution in [-0.2, 0) is 0 Å². The summed E-state index contributed by atoms with van der Waals surface area (Å²) >= 11 is 1.45. The van der Waals surface area contributed by atoms with Crippen molar-refractivity contribution in [3.05, 3.63) is 34.7 Å². The predicted octanol–water partition coefficient (Wildman–Crippen LogP) is 3.42. The number of benzene rings is 1. The van der Waals surface area contributed by atoms with Gasteiger partial charge in [0.05, 0.1) is 18.4 Å². The van der Waals surface area contributed by atoms with Gasteiger partial charge in [-0.2, -0.15) is 0 Å². The van der Waals surface area contributed by atoms with Crippen molar-refractivity contribution in [3.8, 4) is 16.6 Å². The van der Waals surface area contributed by atoms with Gasteiger partial charge in [0.2, 0.25) is 0 Å². The van der Waals surface area contributed by atoms with Gasteiger partial charge in [-0.15, -0.1) is 11.3 Å². The zero-order valence-corrected chi connectivity index (χ0v) is 10.8. The first-order chi connectivity index (χ1) is 8.69. The molecule has 0 fully saturated rings. The monoisotopic (exact) mass is 261 g/mol. The number of anilines is 1. The fourth-order valence-corrected chi connectivity index (χ4v) is 2.75. The molecule has 0 aliphatic carbocycles. The van der Waals surface area contributed by atoms with Crippen LogP contribution in [0.3, 0.4) is 0 Å². The second-order valence-electron chi connectivity index (χ2n) is 3.95. The lowest BCUT2D eigenvalue weighted by atomic mass is 10.2. The largest absolute Gasteiger partial charge is 0.493 e. The Balaban J connectivity index is 2.18. The lowest BCUT2D eigenvalue weighted by Crippen LogP contribution is -2.09. The van der Waals surface area contributed by atoms with Gasteiger partial charge < -0.3 is 14.8 Å². The summed E-state index contributed by atoms with van der Waals surface area (Å²) in [6.07, 6.45) is 0. The molecule has 0 bridgehead atoms. The number of thiophene rings is 1. The van der Waals surface area contributed by atoms with E-state index in [1.807, 2.05) is 19.1 Å². The summed E-state index contributed by atoms with van der Waals surface area (Å²) in [4.78, 5) is 13.1. The molecular weight excluding hydrogens is 250 g/mol. The zero-order valence-electron chi connectivity index (χ0n) is 9.94. The number of rotatable bonds is 1. The average Bonchev–Trinajstić information content (AvgIpc) is 2.66. The van der Waals surface area contributed by atoms with E-state index >= 15 is 0 Å². The molecular formula is C13H11NO3S. The number of para-hydroxylation sites is 1. The maximum absolute atomic E-state index is 12.1. The summed E-state index contributed by atoms with van der Waals surface area (Å²) in [5, 5.41) is 3.43. The summed E-state index contributed by atoms with van der Waals surface area (Å²) in [5.74, 6) is 1.00. The molecule has 0 radical (unpaired) electrons. The summed E-state index contributed by atoms with van der Waals surface area (Å²) in [5.41, 5.74) is 1.19. The van der Waals surface area contributed by atoms with Crippen LogP contribution in [0.25, 0.3) is 0 Å². The van der Waals surface area contributed by atoms with E-state index in [1.54, 1.807) is 19.2 Å². The van der Waals surface area contributed by atoms with E-state index in [1.165, 1.54) is 11.3 Å². The van der Waals surface area contributed by atoms with Crippen LogP contribution in [0.1, 0.15) is 15.2 Å². The van der Waals surface area contributed by atoms with Crippen LogP contribution in [0.4, 0.5) is 5.69 Å². The van der Waals surface area contributed by atoms with Crippen LogP contribution < -0.4 is 14.8 Å². The SMILES string of the molecule is COc1cccc2c1Oc1sc(C)cc1C(=O)N2. The van der Waals surface area contributed by atoms with Gasteiger partial charge in [0.1, 0.15) is 0 Å². The highest BCUT2D eigenvalue weighted by molar-refractivity contribution is 7.14. The van der Waals surface area contributed by atoms with Crippen molar-refractivity contribution in [2.75, 3.05) is 12.4 Å². The molecule has 1 N–H and O–H groups in total. The molecule has 18 heavy (non-hydrogen) atoms. The van der Waals surface area contributed by atoms with Crippen LogP contribution in [0.5, 0.6) is 16.6 Å². The number of carbonyl (C=O) groups excluding carboxylic acids is 1. The van der Waals surface area contributed by atoms with Gasteiger partial charge in [-0.05, 0) is 25.1 Å². The highest BCUT2D eigenvalue weighted by Gasteiger charge is 2.25. The number of fused-ring (bicyclic) bond motifs is 2. The lowest BCUT2D eigenvalue weighted by Gasteiger charge is -2.10. The molecule has 0 unspecified atom stereocenters. The van der Waals surface area contributed by atoms with Gasteiger partial charge in [0, 0.05) is 4.88 Å². The van der Waals surface area contributed by atoms with E-state index in [4.69, 9.17) is 9.47 Å². The number of hydrogen-bond acceptors (Lipinski definition) is 4. The molecule has 1 aliphatic heterocycles. The molecule has 0 atom stereocenters. The predicted molar refractivity (Wildman–Crippen MR) is 70.1 cm³/mol. The summed E-state index contributed by atoms with van der Waals surface area (Å²) < 4.78 is 11.1. The number of ether oxygens (including phenoxy) is 2. The molecule has 1 aromatic heterocycles. The van der Waals surface area contributed by atoms with E-state index in [-0.39, 0.29) is 5.91 Å². The van der Waals surface area contributed by atoms with Gasteiger partial charge in [-0.3, -0.25) is 4.79 Å². The second kappa shape index (κ2) is 4.03. The maximum Gasteiger partial charge on any atom is 0.260 e. The summed E-state index contributed by atoms with van der Waals surface area (Å²) in [6.45, 7) is 1.94. The van der Waals surface area contributed by atoms with Gasteiger partial charge in [-0.25, -0.2) is 0 Å². The quantitative estimate of drug-likeness (QED) is 0.855. The number of methoxy groups -OCH3 is 1. The Kier molecular flexibility index (Phi) is 2.48. The fraction of sp³-hybridized carbons (Fsp3) is 0.154. The molecule has 5 heteroatoms. The smallest absolute Gasteiger partial charge is 0.260 e. The van der Waals surface area contributed by atoms with Crippen LogP contribution >= 0.6 is 11.3 Å². The van der Waals surface area contributed by atoms with E-state index in [0.717, 1.165) is 4.88 Å². The molecule has 1 aliphatic rings. The van der Waals surface area contributed by atoms with E-state index in [0.29, 0.717) is 27.8 Å². The van der Waals surface area contributed by atoms with E-state index in [2.05, 4.69) is 5.32 Å². The number of carbonyl (C=O) groups is 1. The van der Waals surface area contributed by atoms with Crippen molar-refractivity contribution < 1.29 is 14.3 Å². The first kappa shape index (κ1) is 11.1. The Morgan fingerprint density at radius 2 is 2.22 bits per heavy atom. The fourth-order valence-electron chi connectivity index (χ4n) is 1.89. The highest BCUT2D eigenvalue weighted by Crippen LogP contribution is 2.44. The van der Waals surface area contributed by atoms with Crippen molar-refractivity contribution in [2.24, 2.45) is 0 Å². The van der Waals surface area contributed by atoms with Crippen molar-refractivity contribution in [2.45, 2.75) is 6.92 Å². The minimum atomic E-state index is -0.152. The number of nitrogens with one attached hydrogen (secondary N) is 1. The molecule has 1 amide bonds. The molecule has 0 spiro atoms. The Bertz CT molecular complexity index is 633. The van der Waals surface area contributed by atoms with Crippen LogP contribution in [-0.4, -0.2) is 13.0 Å². The normalized spacial score (nSPS) is 12.9. The summed E-state index contributed by atoms with van der Waals surface area (Å²) in [6, 6.07) is 7.23. The first-order valence-electron chi connectivity index (χ1n) is 5.45. The zero-order chi connectivity index (χ0) is 12.7. The van der Waals surface area contributed by atoms with Gasteiger partial charge in [0.15, 0.2) is 16.6 Å². The lowest BCUT2D eigenvalue weighted by molar-refractivity contribution is 0.102. The molecule has 92 valence electrons. The topological polar surface area (TPSA) is 47.6 Å². The third-order valence-electron chi connectivity index (χ3n) is 2.71. The van der Waals surface area contributed by atoms with Crippen LogP contribution in [0.2, 0.25) is 0 Å². The van der Waals surface area contributed by atoms with Crippen molar-refractivity contribution in [1.82, 2.24) is 0 Å². The second-order valence-corrected chi connectivity index (χ2v) is 5.17. The van der Waals surface area contributed by atoms with E-state index in [9.17, 15) is 4.79 Å². The van der Waals surface area contributed by atoms with Gasteiger partial charge >= 0.3 is 0 Å². The van der Waals surface area contributed by atoms with Crippen molar-refractivity contribution in [1.29, 1.82) is 0 Å². The van der Waals surface area contributed by atoms with Crippen LogP contribution in [0, 0.1) is 6.92 Å². The number of hydrogen-bond donors (Lipinski definition) is 1. The molecule has 4 nitrogen and oxygen atoms in total. The van der Waals surface area contributed by atoms with E-state index < -0.39 is 0 Å². The van der Waals surface area contributed by atoms with Crippen molar-refractivity contribution in [3.63, 3.8) is 0 Å². The number of amides is 1. The number of aryl methyl sites for hydroxylation is 1. The highest BCUT2D eigenvalue weighted by atomic mass is 32.1. The molecule has 0 saturated carbocycles. The first-order valence-corrected chi connectivity index (χ1v) is 6.27. The Morgan fingerprint density at radius 1 is 1.39 bits per heavy atom. The van der Waals surface area contributed by atoms with Gasteiger partial charge in [0.25, 0.3) is 5.91 Å². The third-order valence-corrected chi connectivity index (χ3v) is 3.64. The maximum atomic E-state index is 12.1. The Labute approximate surface area is 108 Å². The van der Waals surface area contributed by atoms with Gasteiger partial charge in [-0.1, -0.05) is 6.07 Å². The summed E-state index contributed by atoms with van der Waals surface area (Å²) in [7, 11) is 1.58. The molecule has 3 rings (SSSR count). The minimum absolute atomic E-state index is 0.152. The van der Waals surface area contributed by atoms with Crippen molar-refractivity contribution >= 4 is 22.9 Å². The molecule has 0 saturated heterocycles. The molecule has 2 aromatic rings. The third kappa shape index (κ3) is 1.64. The Morgan fingerprint density at radius 3 is 3.00 bits per heavy atom. The minimum Gasteiger partial charge on any atom is -0.493 e. The molecule has 2 heterocycles. The van der Waals surface area contributed by atoms with Crippen LogP contribution in [0.15, 0.2) is 24.3 Å². The Hall–Kier alpha value is -2.01.